The molecule has 106 valence electrons. The maximum absolute atomic E-state index is 5.28. The van der Waals surface area contributed by atoms with Gasteiger partial charge in [0.05, 0.1) is 6.61 Å². The van der Waals surface area contributed by atoms with E-state index >= 15 is 0 Å². The standard InChI is InChI=1S/C15H25N3O/c1-4-13-8-6-7-9-14(13)12-18-15(16-3)17-10-11-19-5-2/h6-9H,4-5,10-12H2,1-3H3,(H2,16,17,18). The van der Waals surface area contributed by atoms with Crippen LogP contribution in [0, 0.1) is 0 Å². The summed E-state index contributed by atoms with van der Waals surface area (Å²) in [6.45, 7) is 7.17. The van der Waals surface area contributed by atoms with Crippen LogP contribution in [-0.4, -0.2) is 32.8 Å². The summed E-state index contributed by atoms with van der Waals surface area (Å²) in [5.74, 6) is 0.811. The van der Waals surface area contributed by atoms with E-state index in [1.54, 1.807) is 7.05 Å². The largest absolute Gasteiger partial charge is 0.380 e. The van der Waals surface area contributed by atoms with Crippen LogP contribution in [0.25, 0.3) is 0 Å². The number of guanidine groups is 1. The molecule has 4 heteroatoms. The fourth-order valence-corrected chi connectivity index (χ4v) is 1.86. The van der Waals surface area contributed by atoms with E-state index < -0.39 is 0 Å². The highest BCUT2D eigenvalue weighted by atomic mass is 16.5. The second kappa shape index (κ2) is 9.39. The fraction of sp³-hybridized carbons (Fsp3) is 0.533. The average Bonchev–Trinajstić information content (AvgIpc) is 2.47. The van der Waals surface area contributed by atoms with Gasteiger partial charge < -0.3 is 15.4 Å². The van der Waals surface area contributed by atoms with Crippen molar-refractivity contribution in [2.75, 3.05) is 26.8 Å². The summed E-state index contributed by atoms with van der Waals surface area (Å²) < 4.78 is 5.28. The van der Waals surface area contributed by atoms with Crippen molar-refractivity contribution in [1.82, 2.24) is 10.6 Å². The third kappa shape index (κ3) is 5.75. The maximum atomic E-state index is 5.28. The van der Waals surface area contributed by atoms with E-state index in [1.807, 2.05) is 6.92 Å². The minimum Gasteiger partial charge on any atom is -0.380 e. The van der Waals surface area contributed by atoms with Crippen molar-refractivity contribution in [2.45, 2.75) is 26.8 Å². The van der Waals surface area contributed by atoms with Crippen LogP contribution in [0.1, 0.15) is 25.0 Å². The smallest absolute Gasteiger partial charge is 0.191 e. The molecule has 1 aromatic carbocycles. The van der Waals surface area contributed by atoms with Gasteiger partial charge in [0.2, 0.25) is 0 Å². The van der Waals surface area contributed by atoms with Gasteiger partial charge in [-0.25, -0.2) is 0 Å². The zero-order valence-corrected chi connectivity index (χ0v) is 12.2. The first-order chi connectivity index (χ1) is 9.31. The highest BCUT2D eigenvalue weighted by Gasteiger charge is 2.01. The lowest BCUT2D eigenvalue weighted by molar-refractivity contribution is 0.152. The van der Waals surface area contributed by atoms with E-state index in [9.17, 15) is 0 Å². The van der Waals surface area contributed by atoms with E-state index in [-0.39, 0.29) is 0 Å². The molecule has 2 N–H and O–H groups in total. The van der Waals surface area contributed by atoms with Gasteiger partial charge in [0.1, 0.15) is 0 Å². The van der Waals surface area contributed by atoms with E-state index in [2.05, 4.69) is 46.8 Å². The van der Waals surface area contributed by atoms with Crippen LogP contribution in [0.5, 0.6) is 0 Å². The molecule has 1 rings (SSSR count). The SMILES string of the molecule is CCOCCNC(=NC)NCc1ccccc1CC. The number of nitrogens with zero attached hydrogens (tertiary/aromatic N) is 1. The Bertz CT molecular complexity index is 391. The molecule has 4 nitrogen and oxygen atoms in total. The summed E-state index contributed by atoms with van der Waals surface area (Å²) in [4.78, 5) is 4.20. The van der Waals surface area contributed by atoms with Crippen LogP contribution in [-0.2, 0) is 17.7 Å². The first-order valence-corrected chi connectivity index (χ1v) is 6.90. The lowest BCUT2D eigenvalue weighted by atomic mass is 10.1. The number of ether oxygens (including phenoxy) is 1. The van der Waals surface area contributed by atoms with Crippen LogP contribution in [0.2, 0.25) is 0 Å². The molecular weight excluding hydrogens is 238 g/mol. The third-order valence-electron chi connectivity index (χ3n) is 2.91. The maximum Gasteiger partial charge on any atom is 0.191 e. The van der Waals surface area contributed by atoms with E-state index in [1.165, 1.54) is 11.1 Å². The Morgan fingerprint density at radius 2 is 1.89 bits per heavy atom. The van der Waals surface area contributed by atoms with Crippen LogP contribution >= 0.6 is 0 Å². The molecule has 0 radical (unpaired) electrons. The molecule has 0 saturated heterocycles. The van der Waals surface area contributed by atoms with Gasteiger partial charge >= 0.3 is 0 Å². The Morgan fingerprint density at radius 3 is 2.53 bits per heavy atom. The van der Waals surface area contributed by atoms with E-state index in [0.29, 0.717) is 6.61 Å². The molecule has 0 aromatic heterocycles. The second-order valence-corrected chi connectivity index (χ2v) is 4.17. The average molecular weight is 263 g/mol. The molecule has 1 aromatic rings. The van der Waals surface area contributed by atoms with Gasteiger partial charge in [-0.05, 0) is 24.5 Å². The molecule has 0 amide bonds. The summed E-state index contributed by atoms with van der Waals surface area (Å²) in [5.41, 5.74) is 2.69. The number of benzene rings is 1. The van der Waals surface area contributed by atoms with Gasteiger partial charge in [-0.15, -0.1) is 0 Å². The molecule has 0 unspecified atom stereocenters. The number of aliphatic imine (C=N–C) groups is 1. The van der Waals surface area contributed by atoms with Crippen LogP contribution < -0.4 is 10.6 Å². The van der Waals surface area contributed by atoms with Crippen molar-refractivity contribution < 1.29 is 4.74 Å². The van der Waals surface area contributed by atoms with Crippen molar-refractivity contribution in [2.24, 2.45) is 4.99 Å². The van der Waals surface area contributed by atoms with E-state index in [0.717, 1.165) is 32.1 Å². The highest BCUT2D eigenvalue weighted by molar-refractivity contribution is 5.79. The number of aryl methyl sites for hydroxylation is 1. The minimum absolute atomic E-state index is 0.697. The molecule has 0 atom stereocenters. The Kier molecular flexibility index (Phi) is 7.66. The van der Waals surface area contributed by atoms with Gasteiger partial charge in [0.25, 0.3) is 0 Å². The van der Waals surface area contributed by atoms with Crippen molar-refractivity contribution >= 4 is 5.96 Å². The van der Waals surface area contributed by atoms with Crippen LogP contribution in [0.4, 0.5) is 0 Å². The van der Waals surface area contributed by atoms with Gasteiger partial charge in [-0.1, -0.05) is 31.2 Å². The first-order valence-electron chi connectivity index (χ1n) is 6.90. The Labute approximate surface area is 116 Å². The molecular formula is C15H25N3O. The lowest BCUT2D eigenvalue weighted by Crippen LogP contribution is -2.38. The molecule has 0 fully saturated rings. The van der Waals surface area contributed by atoms with Crippen molar-refractivity contribution in [3.05, 3.63) is 35.4 Å². The topological polar surface area (TPSA) is 45.6 Å². The van der Waals surface area contributed by atoms with E-state index in [4.69, 9.17) is 4.74 Å². The molecule has 0 aliphatic carbocycles. The quantitative estimate of drug-likeness (QED) is 0.449. The third-order valence-corrected chi connectivity index (χ3v) is 2.91. The van der Waals surface area contributed by atoms with Crippen molar-refractivity contribution in [3.8, 4) is 0 Å². The predicted molar refractivity (Wildman–Crippen MR) is 80.5 cm³/mol. The van der Waals surface area contributed by atoms with Gasteiger partial charge in [-0.2, -0.15) is 0 Å². The zero-order valence-electron chi connectivity index (χ0n) is 12.2. The van der Waals surface area contributed by atoms with Crippen molar-refractivity contribution in [3.63, 3.8) is 0 Å². The number of hydrogen-bond acceptors (Lipinski definition) is 2. The zero-order chi connectivity index (χ0) is 13.9. The van der Waals surface area contributed by atoms with Crippen molar-refractivity contribution in [1.29, 1.82) is 0 Å². The number of hydrogen-bond donors (Lipinski definition) is 2. The first kappa shape index (κ1) is 15.5. The molecule has 0 bridgehead atoms. The Morgan fingerprint density at radius 1 is 1.16 bits per heavy atom. The molecule has 19 heavy (non-hydrogen) atoms. The van der Waals surface area contributed by atoms with Gasteiger partial charge in [0.15, 0.2) is 5.96 Å². The second-order valence-electron chi connectivity index (χ2n) is 4.17. The fourth-order valence-electron chi connectivity index (χ4n) is 1.86. The monoisotopic (exact) mass is 263 g/mol. The molecule has 0 spiro atoms. The molecule has 0 aliphatic heterocycles. The van der Waals surface area contributed by atoms with Crippen LogP contribution in [0.3, 0.4) is 0 Å². The van der Waals surface area contributed by atoms with Gasteiger partial charge in [0, 0.05) is 26.7 Å². The Hall–Kier alpha value is -1.55. The minimum atomic E-state index is 0.697. The summed E-state index contributed by atoms with van der Waals surface area (Å²) in [6, 6.07) is 8.47. The lowest BCUT2D eigenvalue weighted by Gasteiger charge is -2.13. The molecule has 0 aliphatic rings. The molecule has 0 saturated carbocycles. The summed E-state index contributed by atoms with van der Waals surface area (Å²) in [7, 11) is 1.78. The highest BCUT2D eigenvalue weighted by Crippen LogP contribution is 2.08. The number of nitrogens with one attached hydrogen (secondary N) is 2. The normalized spacial score (nSPS) is 11.4. The number of rotatable bonds is 7. The summed E-state index contributed by atoms with van der Waals surface area (Å²) >= 11 is 0. The summed E-state index contributed by atoms with van der Waals surface area (Å²) in [6.07, 6.45) is 1.05. The van der Waals surface area contributed by atoms with Gasteiger partial charge in [-0.3, -0.25) is 4.99 Å². The Balaban J connectivity index is 2.40. The van der Waals surface area contributed by atoms with Crippen LogP contribution in [0.15, 0.2) is 29.3 Å². The molecule has 0 heterocycles. The predicted octanol–water partition coefficient (Wildman–Crippen LogP) is 1.95. The summed E-state index contributed by atoms with van der Waals surface area (Å²) in [5, 5.41) is 6.55.